The zero-order valence-corrected chi connectivity index (χ0v) is 39.4. The number of rotatable bonds is 6. The number of hydrogen-bond acceptors (Lipinski definition) is 4. The Labute approximate surface area is 420 Å². The zero-order valence-electron chi connectivity index (χ0n) is 39.4. The lowest BCUT2D eigenvalue weighted by atomic mass is 9.97. The van der Waals surface area contributed by atoms with Crippen LogP contribution in [0, 0.1) is 0 Å². The molecule has 0 aliphatic rings. The summed E-state index contributed by atoms with van der Waals surface area (Å²) in [6, 6.07) is 84.8. The molecule has 338 valence electrons. The lowest BCUT2D eigenvalue weighted by Gasteiger charge is -2.11. The van der Waals surface area contributed by atoms with Gasteiger partial charge >= 0.3 is 0 Å². The molecular weight excluding hydrogens is 887 g/mol. The molecule has 73 heavy (non-hydrogen) atoms. The van der Waals surface area contributed by atoms with Crippen molar-refractivity contribution in [1.29, 1.82) is 0 Å². The van der Waals surface area contributed by atoms with Crippen molar-refractivity contribution in [3.8, 4) is 61.6 Å². The predicted octanol–water partition coefficient (Wildman–Crippen LogP) is 17.6. The summed E-state index contributed by atoms with van der Waals surface area (Å²) in [5.74, 6) is 0. The zero-order chi connectivity index (χ0) is 48.0. The van der Waals surface area contributed by atoms with Crippen LogP contribution in [0.3, 0.4) is 0 Å². The fraction of sp³-hybridized carbons (Fsp3) is 0. The second-order valence-electron chi connectivity index (χ2n) is 19.0. The lowest BCUT2D eigenvalue weighted by molar-refractivity contribution is 1.18. The van der Waals surface area contributed by atoms with E-state index in [-0.39, 0.29) is 0 Å². The first-order valence-electron chi connectivity index (χ1n) is 24.8. The summed E-state index contributed by atoms with van der Waals surface area (Å²) in [5.41, 5.74) is 17.6. The Kier molecular flexibility index (Phi) is 9.19. The van der Waals surface area contributed by atoms with E-state index in [0.717, 1.165) is 105 Å². The van der Waals surface area contributed by atoms with Crippen molar-refractivity contribution < 1.29 is 0 Å². The van der Waals surface area contributed by atoms with Crippen LogP contribution in [-0.4, -0.2) is 24.5 Å². The van der Waals surface area contributed by atoms with Crippen molar-refractivity contribution in [2.24, 2.45) is 0 Å². The standard InChI is InChI=1S/C68H41N5/c1-2-14-42(15-3-1)43-28-32-50(33-29-43)73-63-34-30-46(44-16-12-18-48(36-44)61-40-69-65-55-24-8-4-20-51(55)53-22-6-10-26-57(53)67(65)71-61)38-59(63)60-39-47(31-35-64(60)73)45-17-13-19-49(37-45)62-41-70-66-56-25-9-5-21-52(56)54-23-7-11-27-58(54)68(66)72-62/h1-41H. The molecule has 0 radical (unpaired) electrons. The minimum absolute atomic E-state index is 0.842. The lowest BCUT2D eigenvalue weighted by Crippen LogP contribution is -1.94. The molecule has 0 aliphatic carbocycles. The molecule has 12 aromatic carbocycles. The molecule has 3 heterocycles. The molecule has 0 saturated heterocycles. The van der Waals surface area contributed by atoms with Crippen LogP contribution in [0.15, 0.2) is 249 Å². The van der Waals surface area contributed by atoms with E-state index in [1.807, 2.05) is 12.4 Å². The summed E-state index contributed by atoms with van der Waals surface area (Å²) >= 11 is 0. The molecule has 0 bridgehead atoms. The van der Waals surface area contributed by atoms with Crippen LogP contribution in [0.5, 0.6) is 0 Å². The van der Waals surface area contributed by atoms with Crippen LogP contribution in [0.25, 0.3) is 149 Å². The highest BCUT2D eigenvalue weighted by Crippen LogP contribution is 2.41. The minimum atomic E-state index is 0.842. The van der Waals surface area contributed by atoms with E-state index >= 15 is 0 Å². The summed E-state index contributed by atoms with van der Waals surface area (Å²) in [6.45, 7) is 0. The first-order valence-corrected chi connectivity index (χ1v) is 24.8. The number of fused-ring (bicyclic) bond motifs is 15. The van der Waals surface area contributed by atoms with Gasteiger partial charge in [-0.05, 0) is 103 Å². The van der Waals surface area contributed by atoms with Crippen molar-refractivity contribution >= 4 is 87.0 Å². The molecule has 0 aliphatic heterocycles. The highest BCUT2D eigenvalue weighted by atomic mass is 15.0. The SMILES string of the molecule is c1ccc(-c2ccc(-n3c4ccc(-c5cccc(-c6cnc7c8ccccc8c8ccccc8c7n6)c5)cc4c4cc(-c5cccc(-c6cnc7c8ccccc8c8ccccc8c7n6)c5)ccc43)cc2)cc1. The van der Waals surface area contributed by atoms with E-state index in [2.05, 4.69) is 241 Å². The third-order valence-electron chi connectivity index (χ3n) is 14.8. The van der Waals surface area contributed by atoms with Gasteiger partial charge in [-0.15, -0.1) is 0 Å². The highest BCUT2D eigenvalue weighted by molar-refractivity contribution is 6.24. The van der Waals surface area contributed by atoms with Gasteiger partial charge in [0.05, 0.1) is 56.9 Å². The Morgan fingerprint density at radius 2 is 0.575 bits per heavy atom. The number of nitrogens with zero attached hydrogens (tertiary/aromatic N) is 5. The molecule has 0 unspecified atom stereocenters. The fourth-order valence-corrected chi connectivity index (χ4v) is 11.3. The highest BCUT2D eigenvalue weighted by Gasteiger charge is 2.18. The van der Waals surface area contributed by atoms with E-state index in [0.29, 0.717) is 0 Å². The normalized spacial score (nSPS) is 11.8. The van der Waals surface area contributed by atoms with Gasteiger partial charge in [0.15, 0.2) is 0 Å². The first kappa shape index (κ1) is 41.0. The molecule has 0 spiro atoms. The van der Waals surface area contributed by atoms with Gasteiger partial charge in [-0.25, -0.2) is 9.97 Å². The Hall–Kier alpha value is -9.84. The van der Waals surface area contributed by atoms with Crippen LogP contribution < -0.4 is 0 Å². The van der Waals surface area contributed by atoms with Crippen LogP contribution in [0.2, 0.25) is 0 Å². The van der Waals surface area contributed by atoms with Gasteiger partial charge in [0.1, 0.15) is 0 Å². The van der Waals surface area contributed by atoms with E-state index in [1.165, 1.54) is 43.4 Å². The Balaban J connectivity index is 0.863. The predicted molar refractivity (Wildman–Crippen MR) is 304 cm³/mol. The second-order valence-corrected chi connectivity index (χ2v) is 19.0. The topological polar surface area (TPSA) is 56.5 Å². The largest absolute Gasteiger partial charge is 0.309 e. The second kappa shape index (κ2) is 16.4. The van der Waals surface area contributed by atoms with Gasteiger partial charge in [-0.1, -0.05) is 188 Å². The van der Waals surface area contributed by atoms with Crippen molar-refractivity contribution in [2.75, 3.05) is 0 Å². The smallest absolute Gasteiger partial charge is 0.0979 e. The van der Waals surface area contributed by atoms with Gasteiger partial charge < -0.3 is 4.57 Å². The molecule has 15 rings (SSSR count). The van der Waals surface area contributed by atoms with E-state index in [9.17, 15) is 0 Å². The van der Waals surface area contributed by atoms with Crippen LogP contribution in [0.1, 0.15) is 0 Å². The minimum Gasteiger partial charge on any atom is -0.309 e. The third-order valence-corrected chi connectivity index (χ3v) is 14.8. The van der Waals surface area contributed by atoms with Gasteiger partial charge in [-0.2, -0.15) is 0 Å². The van der Waals surface area contributed by atoms with E-state index in [4.69, 9.17) is 19.9 Å². The molecular formula is C68H41N5. The molecule has 0 amide bonds. The third kappa shape index (κ3) is 6.63. The molecule has 0 fully saturated rings. The van der Waals surface area contributed by atoms with Gasteiger partial charge in [-0.3, -0.25) is 9.97 Å². The van der Waals surface area contributed by atoms with Gasteiger partial charge in [0, 0.05) is 49.1 Å². The van der Waals surface area contributed by atoms with Gasteiger partial charge in [0.2, 0.25) is 0 Å². The average molecular weight is 928 g/mol. The Bertz CT molecular complexity index is 4400. The van der Waals surface area contributed by atoms with Crippen LogP contribution >= 0.6 is 0 Å². The Morgan fingerprint density at radius 1 is 0.233 bits per heavy atom. The molecule has 5 nitrogen and oxygen atoms in total. The number of benzene rings is 12. The maximum atomic E-state index is 5.34. The van der Waals surface area contributed by atoms with E-state index in [1.54, 1.807) is 0 Å². The Morgan fingerprint density at radius 3 is 1.03 bits per heavy atom. The van der Waals surface area contributed by atoms with Gasteiger partial charge in [0.25, 0.3) is 0 Å². The van der Waals surface area contributed by atoms with Crippen LogP contribution in [0.4, 0.5) is 0 Å². The molecule has 3 aromatic heterocycles. The molecule has 0 atom stereocenters. The van der Waals surface area contributed by atoms with Crippen molar-refractivity contribution in [1.82, 2.24) is 24.5 Å². The molecule has 5 heteroatoms. The number of aromatic nitrogens is 5. The quantitative estimate of drug-likeness (QED) is 0.156. The van der Waals surface area contributed by atoms with Crippen LogP contribution in [-0.2, 0) is 0 Å². The molecule has 0 N–H and O–H groups in total. The average Bonchev–Trinajstić information content (AvgIpc) is 3.80. The molecule has 0 saturated carbocycles. The van der Waals surface area contributed by atoms with Crippen molar-refractivity contribution in [3.63, 3.8) is 0 Å². The number of hydrogen-bond donors (Lipinski definition) is 0. The first-order chi connectivity index (χ1) is 36.2. The maximum Gasteiger partial charge on any atom is 0.0979 e. The summed E-state index contributed by atoms with van der Waals surface area (Å²) < 4.78 is 2.40. The maximum absolute atomic E-state index is 5.34. The fourth-order valence-electron chi connectivity index (χ4n) is 11.3. The molecule has 15 aromatic rings. The van der Waals surface area contributed by atoms with E-state index < -0.39 is 0 Å². The van der Waals surface area contributed by atoms with Crippen molar-refractivity contribution in [3.05, 3.63) is 249 Å². The van der Waals surface area contributed by atoms with Crippen molar-refractivity contribution in [2.45, 2.75) is 0 Å². The summed E-state index contributed by atoms with van der Waals surface area (Å²) in [5, 5.41) is 11.5. The summed E-state index contributed by atoms with van der Waals surface area (Å²) in [7, 11) is 0. The monoisotopic (exact) mass is 927 g/mol. The summed E-state index contributed by atoms with van der Waals surface area (Å²) in [6.07, 6.45) is 3.85. The summed E-state index contributed by atoms with van der Waals surface area (Å²) in [4.78, 5) is 20.8.